The van der Waals surface area contributed by atoms with Gasteiger partial charge in [-0.05, 0) is 13.0 Å². The Hall–Kier alpha value is -1.91. The van der Waals surface area contributed by atoms with Crippen LogP contribution in [0.2, 0.25) is 0 Å². The van der Waals surface area contributed by atoms with Crippen LogP contribution in [0.3, 0.4) is 0 Å². The molecule has 0 saturated carbocycles. The highest BCUT2D eigenvalue weighted by molar-refractivity contribution is 5.98. The SMILES string of the molecule is COc1cc2c(c(OC)c1OC)C(=O)O[C@@H]2C. The first-order valence-electron chi connectivity index (χ1n) is 5.17. The molecule has 0 aromatic heterocycles. The maximum Gasteiger partial charge on any atom is 0.343 e. The molecule has 92 valence electrons. The summed E-state index contributed by atoms with van der Waals surface area (Å²) in [5.41, 5.74) is 1.17. The topological polar surface area (TPSA) is 54.0 Å². The molecule has 1 aromatic rings. The first kappa shape index (κ1) is 11.6. The van der Waals surface area contributed by atoms with Crippen molar-refractivity contribution in [1.82, 2.24) is 0 Å². The van der Waals surface area contributed by atoms with Crippen LogP contribution in [0.25, 0.3) is 0 Å². The number of carbonyl (C=O) groups excluding carboxylic acids is 1. The van der Waals surface area contributed by atoms with E-state index in [-0.39, 0.29) is 6.10 Å². The molecule has 1 aliphatic heterocycles. The molecule has 0 N–H and O–H groups in total. The minimum absolute atomic E-state index is 0.300. The molecule has 17 heavy (non-hydrogen) atoms. The summed E-state index contributed by atoms with van der Waals surface area (Å²) in [4.78, 5) is 11.7. The number of ether oxygens (including phenoxy) is 4. The third kappa shape index (κ3) is 1.58. The quantitative estimate of drug-likeness (QED) is 0.753. The Morgan fingerprint density at radius 1 is 1.12 bits per heavy atom. The van der Waals surface area contributed by atoms with Crippen LogP contribution in [-0.4, -0.2) is 27.3 Å². The number of esters is 1. The fraction of sp³-hybridized carbons (Fsp3) is 0.417. The van der Waals surface area contributed by atoms with Gasteiger partial charge in [0.1, 0.15) is 11.7 Å². The Bertz CT molecular complexity index is 466. The lowest BCUT2D eigenvalue weighted by Gasteiger charge is -2.14. The second-order valence-electron chi connectivity index (χ2n) is 3.66. The van der Waals surface area contributed by atoms with E-state index in [9.17, 15) is 4.79 Å². The van der Waals surface area contributed by atoms with Gasteiger partial charge in [-0.3, -0.25) is 0 Å². The van der Waals surface area contributed by atoms with Crippen LogP contribution < -0.4 is 14.2 Å². The van der Waals surface area contributed by atoms with E-state index in [1.807, 2.05) is 0 Å². The summed E-state index contributed by atoms with van der Waals surface area (Å²) in [5, 5.41) is 0. The lowest BCUT2D eigenvalue weighted by Crippen LogP contribution is -2.02. The molecule has 0 unspecified atom stereocenters. The van der Waals surface area contributed by atoms with E-state index >= 15 is 0 Å². The number of carbonyl (C=O) groups is 1. The summed E-state index contributed by atoms with van der Waals surface area (Å²) < 4.78 is 20.8. The molecule has 1 aromatic carbocycles. The molecule has 1 atom stereocenters. The lowest BCUT2D eigenvalue weighted by molar-refractivity contribution is 0.0420. The molecule has 0 saturated heterocycles. The Morgan fingerprint density at radius 3 is 2.29 bits per heavy atom. The summed E-state index contributed by atoms with van der Waals surface area (Å²) in [6, 6.07) is 1.74. The number of hydrogen-bond acceptors (Lipinski definition) is 5. The van der Waals surface area contributed by atoms with Crippen molar-refractivity contribution < 1.29 is 23.7 Å². The summed E-state index contributed by atoms with van der Waals surface area (Å²) in [6.45, 7) is 1.80. The van der Waals surface area contributed by atoms with E-state index in [1.54, 1.807) is 13.0 Å². The minimum Gasteiger partial charge on any atom is -0.493 e. The second-order valence-corrected chi connectivity index (χ2v) is 3.66. The van der Waals surface area contributed by atoms with Crippen molar-refractivity contribution in [3.63, 3.8) is 0 Å². The lowest BCUT2D eigenvalue weighted by atomic mass is 10.0. The average Bonchev–Trinajstić information content (AvgIpc) is 2.62. The number of methoxy groups -OCH3 is 3. The zero-order chi connectivity index (χ0) is 12.6. The molecule has 0 aliphatic carbocycles. The Labute approximate surface area is 99.2 Å². The number of fused-ring (bicyclic) bond motifs is 1. The number of hydrogen-bond donors (Lipinski definition) is 0. The van der Waals surface area contributed by atoms with Gasteiger partial charge < -0.3 is 18.9 Å². The average molecular weight is 238 g/mol. The summed E-state index contributed by atoms with van der Waals surface area (Å²) >= 11 is 0. The standard InChI is InChI=1S/C12H14O5/c1-6-7-5-8(14-2)10(15-3)11(16-4)9(7)12(13)17-6/h5-6H,1-4H3/t6-/m1/s1. The molecular formula is C12H14O5. The van der Waals surface area contributed by atoms with Crippen LogP contribution in [0.15, 0.2) is 6.07 Å². The Morgan fingerprint density at radius 2 is 1.76 bits per heavy atom. The van der Waals surface area contributed by atoms with Gasteiger partial charge in [0.15, 0.2) is 11.5 Å². The van der Waals surface area contributed by atoms with Gasteiger partial charge in [-0.1, -0.05) is 0 Å². The highest BCUT2D eigenvalue weighted by Gasteiger charge is 2.35. The van der Waals surface area contributed by atoms with Crippen LogP contribution in [0.5, 0.6) is 17.2 Å². The maximum atomic E-state index is 11.7. The highest BCUT2D eigenvalue weighted by atomic mass is 16.6. The Balaban J connectivity index is 2.73. The van der Waals surface area contributed by atoms with Crippen LogP contribution in [0.4, 0.5) is 0 Å². The predicted octanol–water partition coefficient (Wildman–Crippen LogP) is 1.94. The zero-order valence-corrected chi connectivity index (χ0v) is 10.2. The van der Waals surface area contributed by atoms with Crippen molar-refractivity contribution in [3.05, 3.63) is 17.2 Å². The fourth-order valence-corrected chi connectivity index (χ4v) is 1.99. The first-order chi connectivity index (χ1) is 8.13. The molecule has 0 bridgehead atoms. The van der Waals surface area contributed by atoms with Gasteiger partial charge in [-0.15, -0.1) is 0 Å². The third-order valence-corrected chi connectivity index (χ3v) is 2.79. The smallest absolute Gasteiger partial charge is 0.343 e. The molecule has 0 spiro atoms. The number of rotatable bonds is 3. The van der Waals surface area contributed by atoms with Crippen LogP contribution in [0.1, 0.15) is 28.9 Å². The zero-order valence-electron chi connectivity index (χ0n) is 10.2. The second kappa shape index (κ2) is 4.16. The van der Waals surface area contributed by atoms with Gasteiger partial charge in [-0.2, -0.15) is 0 Å². The third-order valence-electron chi connectivity index (χ3n) is 2.79. The summed E-state index contributed by atoms with van der Waals surface area (Å²) in [7, 11) is 4.51. The van der Waals surface area contributed by atoms with E-state index < -0.39 is 5.97 Å². The molecule has 2 rings (SSSR count). The van der Waals surface area contributed by atoms with Crippen LogP contribution in [0, 0.1) is 0 Å². The van der Waals surface area contributed by atoms with Crippen molar-refractivity contribution in [2.24, 2.45) is 0 Å². The van der Waals surface area contributed by atoms with Gasteiger partial charge in [0, 0.05) is 5.56 Å². The predicted molar refractivity (Wildman–Crippen MR) is 59.9 cm³/mol. The molecule has 5 nitrogen and oxygen atoms in total. The van der Waals surface area contributed by atoms with Gasteiger partial charge >= 0.3 is 5.97 Å². The molecule has 1 heterocycles. The molecule has 1 aliphatic rings. The summed E-state index contributed by atoms with van der Waals surface area (Å²) in [6.07, 6.45) is -0.300. The van der Waals surface area contributed by atoms with E-state index in [2.05, 4.69) is 0 Å². The first-order valence-corrected chi connectivity index (χ1v) is 5.17. The summed E-state index contributed by atoms with van der Waals surface area (Å²) in [5.74, 6) is 0.884. The monoisotopic (exact) mass is 238 g/mol. The van der Waals surface area contributed by atoms with Crippen molar-refractivity contribution in [2.45, 2.75) is 13.0 Å². The normalized spacial score (nSPS) is 17.4. The fourth-order valence-electron chi connectivity index (χ4n) is 1.99. The molecule has 0 amide bonds. The molecular weight excluding hydrogens is 224 g/mol. The van der Waals surface area contributed by atoms with Crippen LogP contribution >= 0.6 is 0 Å². The minimum atomic E-state index is -0.398. The van der Waals surface area contributed by atoms with Gasteiger partial charge in [-0.25, -0.2) is 4.79 Å². The van der Waals surface area contributed by atoms with E-state index in [0.29, 0.717) is 22.8 Å². The van der Waals surface area contributed by atoms with Crippen molar-refractivity contribution in [1.29, 1.82) is 0 Å². The number of benzene rings is 1. The maximum absolute atomic E-state index is 11.7. The number of cyclic esters (lactones) is 1. The van der Waals surface area contributed by atoms with Crippen LogP contribution in [-0.2, 0) is 4.74 Å². The molecule has 0 fully saturated rings. The van der Waals surface area contributed by atoms with Crippen molar-refractivity contribution >= 4 is 5.97 Å². The van der Waals surface area contributed by atoms with Gasteiger partial charge in [0.05, 0.1) is 21.3 Å². The van der Waals surface area contributed by atoms with Crippen molar-refractivity contribution in [3.8, 4) is 17.2 Å². The molecule has 5 heteroatoms. The molecule has 0 radical (unpaired) electrons. The largest absolute Gasteiger partial charge is 0.493 e. The van der Waals surface area contributed by atoms with E-state index in [0.717, 1.165) is 5.56 Å². The highest BCUT2D eigenvalue weighted by Crippen LogP contribution is 2.47. The van der Waals surface area contributed by atoms with E-state index in [1.165, 1.54) is 21.3 Å². The van der Waals surface area contributed by atoms with Crippen molar-refractivity contribution in [2.75, 3.05) is 21.3 Å². The Kier molecular flexibility index (Phi) is 2.83. The van der Waals surface area contributed by atoms with Gasteiger partial charge in [0.25, 0.3) is 0 Å². The van der Waals surface area contributed by atoms with E-state index in [4.69, 9.17) is 18.9 Å². The van der Waals surface area contributed by atoms with Gasteiger partial charge in [0.2, 0.25) is 5.75 Å².